The summed E-state index contributed by atoms with van der Waals surface area (Å²) < 4.78 is 4.79. The molecule has 8 heteroatoms. The van der Waals surface area contributed by atoms with Crippen LogP contribution >= 0.6 is 0 Å². The van der Waals surface area contributed by atoms with E-state index in [1.165, 1.54) is 4.90 Å². The second kappa shape index (κ2) is 7.68. The first kappa shape index (κ1) is 16.2. The zero-order valence-corrected chi connectivity index (χ0v) is 11.9. The Balaban J connectivity index is 2.38. The first-order chi connectivity index (χ1) is 9.43. The third-order valence-corrected chi connectivity index (χ3v) is 3.00. The van der Waals surface area contributed by atoms with E-state index in [1.807, 2.05) is 0 Å². The van der Waals surface area contributed by atoms with Crippen LogP contribution in [0.3, 0.4) is 0 Å². The van der Waals surface area contributed by atoms with E-state index in [0.717, 1.165) is 0 Å². The standard InChI is InChI=1S/C12H21N3O5/c1-3-20-11(18)9-13(2)12(19)15-6-4-14(5-7-15)8-10(16)17/h3-9H2,1-2H3,(H,16,17). The first-order valence-corrected chi connectivity index (χ1v) is 6.53. The highest BCUT2D eigenvalue weighted by atomic mass is 16.5. The summed E-state index contributed by atoms with van der Waals surface area (Å²) in [6.07, 6.45) is 0. The minimum Gasteiger partial charge on any atom is -0.480 e. The maximum absolute atomic E-state index is 12.1. The van der Waals surface area contributed by atoms with Gasteiger partial charge in [0, 0.05) is 33.2 Å². The largest absolute Gasteiger partial charge is 0.480 e. The topological polar surface area (TPSA) is 90.4 Å². The molecule has 114 valence electrons. The van der Waals surface area contributed by atoms with E-state index in [0.29, 0.717) is 26.2 Å². The molecular formula is C12H21N3O5. The summed E-state index contributed by atoms with van der Waals surface area (Å²) in [5.41, 5.74) is 0. The molecule has 0 unspecified atom stereocenters. The van der Waals surface area contributed by atoms with Crippen molar-refractivity contribution < 1.29 is 24.2 Å². The van der Waals surface area contributed by atoms with Gasteiger partial charge >= 0.3 is 18.0 Å². The average Bonchev–Trinajstić information content (AvgIpc) is 2.38. The van der Waals surface area contributed by atoms with Gasteiger partial charge in [-0.2, -0.15) is 0 Å². The molecule has 0 radical (unpaired) electrons. The number of amides is 2. The first-order valence-electron chi connectivity index (χ1n) is 6.53. The van der Waals surface area contributed by atoms with Crippen molar-refractivity contribution in [2.75, 3.05) is 52.9 Å². The van der Waals surface area contributed by atoms with Gasteiger partial charge in [0.2, 0.25) is 0 Å². The quantitative estimate of drug-likeness (QED) is 0.673. The highest BCUT2D eigenvalue weighted by molar-refractivity contribution is 5.80. The Bertz CT molecular complexity index is 366. The molecule has 0 aromatic carbocycles. The fraction of sp³-hybridized carbons (Fsp3) is 0.750. The van der Waals surface area contributed by atoms with Crippen LogP contribution in [0.15, 0.2) is 0 Å². The number of hydrogen-bond donors (Lipinski definition) is 1. The number of hydrogen-bond acceptors (Lipinski definition) is 5. The number of nitrogens with zero attached hydrogens (tertiary/aromatic N) is 3. The maximum atomic E-state index is 12.1. The monoisotopic (exact) mass is 287 g/mol. The summed E-state index contributed by atoms with van der Waals surface area (Å²) in [6.45, 7) is 3.86. The Morgan fingerprint density at radius 2 is 1.80 bits per heavy atom. The molecule has 1 heterocycles. The number of rotatable bonds is 5. The zero-order chi connectivity index (χ0) is 15.1. The van der Waals surface area contributed by atoms with Crippen molar-refractivity contribution in [3.8, 4) is 0 Å². The van der Waals surface area contributed by atoms with Crippen LogP contribution in [0.5, 0.6) is 0 Å². The summed E-state index contributed by atoms with van der Waals surface area (Å²) in [7, 11) is 1.54. The van der Waals surface area contributed by atoms with Gasteiger partial charge in [-0.1, -0.05) is 0 Å². The van der Waals surface area contributed by atoms with E-state index in [4.69, 9.17) is 9.84 Å². The van der Waals surface area contributed by atoms with Crippen LogP contribution in [0.25, 0.3) is 0 Å². The third-order valence-electron chi connectivity index (χ3n) is 3.00. The lowest BCUT2D eigenvalue weighted by molar-refractivity contribution is -0.143. The molecular weight excluding hydrogens is 266 g/mol. The highest BCUT2D eigenvalue weighted by Crippen LogP contribution is 2.05. The average molecular weight is 287 g/mol. The van der Waals surface area contributed by atoms with Crippen LogP contribution in [-0.2, 0) is 14.3 Å². The minimum atomic E-state index is -0.871. The van der Waals surface area contributed by atoms with E-state index in [2.05, 4.69) is 0 Å². The lowest BCUT2D eigenvalue weighted by atomic mass is 10.3. The molecule has 0 aromatic heterocycles. The molecule has 8 nitrogen and oxygen atoms in total. The molecule has 0 bridgehead atoms. The Morgan fingerprint density at radius 3 is 2.30 bits per heavy atom. The normalized spacial score (nSPS) is 15.8. The van der Waals surface area contributed by atoms with Crippen molar-refractivity contribution in [3.05, 3.63) is 0 Å². The number of ether oxygens (including phenoxy) is 1. The number of carbonyl (C=O) groups excluding carboxylic acids is 2. The Kier molecular flexibility index (Phi) is 6.23. The molecule has 1 fully saturated rings. The van der Waals surface area contributed by atoms with Gasteiger partial charge < -0.3 is 19.6 Å². The van der Waals surface area contributed by atoms with Gasteiger partial charge in [-0.3, -0.25) is 14.5 Å². The molecule has 20 heavy (non-hydrogen) atoms. The second-order valence-corrected chi connectivity index (χ2v) is 4.60. The van der Waals surface area contributed by atoms with Crippen LogP contribution in [0.1, 0.15) is 6.92 Å². The number of esters is 1. The van der Waals surface area contributed by atoms with Crippen LogP contribution < -0.4 is 0 Å². The predicted molar refractivity (Wildman–Crippen MR) is 70.3 cm³/mol. The number of aliphatic carboxylic acids is 1. The van der Waals surface area contributed by atoms with E-state index < -0.39 is 11.9 Å². The summed E-state index contributed by atoms with van der Waals surface area (Å²) in [5, 5.41) is 8.70. The van der Waals surface area contributed by atoms with Gasteiger partial charge in [0.15, 0.2) is 0 Å². The molecule has 2 amide bonds. The summed E-state index contributed by atoms with van der Waals surface area (Å²) in [6, 6.07) is -0.243. The SMILES string of the molecule is CCOC(=O)CN(C)C(=O)N1CCN(CC(=O)O)CC1. The lowest BCUT2D eigenvalue weighted by Gasteiger charge is -2.35. The van der Waals surface area contributed by atoms with Gasteiger partial charge in [0.25, 0.3) is 0 Å². The van der Waals surface area contributed by atoms with Crippen LogP contribution in [-0.4, -0.2) is 90.7 Å². The van der Waals surface area contributed by atoms with E-state index in [1.54, 1.807) is 23.8 Å². The smallest absolute Gasteiger partial charge is 0.325 e. The number of carboxylic acids is 1. The highest BCUT2D eigenvalue weighted by Gasteiger charge is 2.25. The van der Waals surface area contributed by atoms with Crippen molar-refractivity contribution in [1.82, 2.24) is 14.7 Å². The second-order valence-electron chi connectivity index (χ2n) is 4.60. The zero-order valence-electron chi connectivity index (χ0n) is 11.9. The Morgan fingerprint density at radius 1 is 1.20 bits per heavy atom. The molecule has 1 aliphatic heterocycles. The summed E-state index contributed by atoms with van der Waals surface area (Å²) >= 11 is 0. The number of carbonyl (C=O) groups is 3. The van der Waals surface area contributed by atoms with E-state index in [9.17, 15) is 14.4 Å². The fourth-order valence-corrected chi connectivity index (χ4v) is 2.00. The van der Waals surface area contributed by atoms with Crippen molar-refractivity contribution in [1.29, 1.82) is 0 Å². The molecule has 0 spiro atoms. The van der Waals surface area contributed by atoms with Gasteiger partial charge in [-0.05, 0) is 6.92 Å². The lowest BCUT2D eigenvalue weighted by Crippen LogP contribution is -2.53. The Hall–Kier alpha value is -1.83. The van der Waals surface area contributed by atoms with Gasteiger partial charge in [0.1, 0.15) is 6.54 Å². The molecule has 0 aliphatic carbocycles. The van der Waals surface area contributed by atoms with Crippen molar-refractivity contribution in [2.24, 2.45) is 0 Å². The molecule has 0 atom stereocenters. The number of urea groups is 1. The molecule has 0 saturated carbocycles. The van der Waals surface area contributed by atoms with Gasteiger partial charge in [-0.15, -0.1) is 0 Å². The number of carboxylic acid groups (broad SMARTS) is 1. The predicted octanol–water partition coefficient (Wildman–Crippen LogP) is -0.696. The van der Waals surface area contributed by atoms with Gasteiger partial charge in [0.05, 0.1) is 13.2 Å². The van der Waals surface area contributed by atoms with Gasteiger partial charge in [-0.25, -0.2) is 4.79 Å². The Labute approximate surface area is 117 Å². The molecule has 0 aromatic rings. The van der Waals surface area contributed by atoms with Crippen molar-refractivity contribution >= 4 is 18.0 Å². The fourth-order valence-electron chi connectivity index (χ4n) is 2.00. The minimum absolute atomic E-state index is 0.0132. The maximum Gasteiger partial charge on any atom is 0.325 e. The number of likely N-dealkylation sites (N-methyl/N-ethyl adjacent to an activating group) is 1. The summed E-state index contributed by atoms with van der Waals surface area (Å²) in [5.74, 6) is -1.31. The molecule has 1 aliphatic rings. The number of piperazine rings is 1. The third kappa shape index (κ3) is 5.04. The molecule has 1 rings (SSSR count). The molecule has 1 N–H and O–H groups in total. The van der Waals surface area contributed by atoms with Crippen molar-refractivity contribution in [3.63, 3.8) is 0 Å². The van der Waals surface area contributed by atoms with Crippen LogP contribution in [0.4, 0.5) is 4.79 Å². The van der Waals surface area contributed by atoms with E-state index >= 15 is 0 Å². The van der Waals surface area contributed by atoms with Crippen LogP contribution in [0.2, 0.25) is 0 Å². The van der Waals surface area contributed by atoms with Crippen molar-refractivity contribution in [2.45, 2.75) is 6.92 Å². The summed E-state index contributed by atoms with van der Waals surface area (Å²) in [4.78, 5) is 38.7. The molecule has 1 saturated heterocycles. The van der Waals surface area contributed by atoms with E-state index in [-0.39, 0.29) is 25.7 Å². The van der Waals surface area contributed by atoms with Crippen LogP contribution in [0, 0.1) is 0 Å².